The Hall–Kier alpha value is -4.23. The summed E-state index contributed by atoms with van der Waals surface area (Å²) in [4.78, 5) is 70.8. The molecule has 2 aromatic heterocycles. The number of amides is 5. The summed E-state index contributed by atoms with van der Waals surface area (Å²) in [6.07, 6.45) is -1.14. The Balaban J connectivity index is 1.63. The van der Waals surface area contributed by atoms with Gasteiger partial charge in [0.05, 0.1) is 22.9 Å². The molecule has 4 atom stereocenters. The lowest BCUT2D eigenvalue weighted by atomic mass is 10.0. The topological polar surface area (TPSA) is 173 Å². The number of benzene rings is 1. The third-order valence-corrected chi connectivity index (χ3v) is 7.88. The average Bonchev–Trinajstić information content (AvgIpc) is 3.55. The summed E-state index contributed by atoms with van der Waals surface area (Å²) in [7, 11) is 0. The van der Waals surface area contributed by atoms with Crippen molar-refractivity contribution in [3.05, 3.63) is 59.1 Å². The maximum Gasteiger partial charge on any atom is 0.270 e. The van der Waals surface area contributed by atoms with Crippen LogP contribution in [0.2, 0.25) is 0 Å². The summed E-state index contributed by atoms with van der Waals surface area (Å²) >= 11 is 1.46. The van der Waals surface area contributed by atoms with E-state index in [4.69, 9.17) is 0 Å². The van der Waals surface area contributed by atoms with Gasteiger partial charge in [-0.05, 0) is 35.9 Å². The number of hydrogen-bond donors (Lipinski definition) is 6. The molecule has 1 aliphatic heterocycles. The van der Waals surface area contributed by atoms with Crippen LogP contribution in [0.3, 0.4) is 0 Å². The van der Waals surface area contributed by atoms with Gasteiger partial charge < -0.3 is 36.3 Å². The second-order valence-corrected chi connectivity index (χ2v) is 11.6. The highest BCUT2D eigenvalue weighted by Crippen LogP contribution is 2.22. The predicted octanol–water partition coefficient (Wildman–Crippen LogP) is 0.535. The van der Waals surface area contributed by atoms with Crippen LogP contribution in [0.25, 0.3) is 10.2 Å². The number of nitrogens with one attached hydrogen (secondary N) is 5. The summed E-state index contributed by atoms with van der Waals surface area (Å²) in [5.74, 6) is -3.31. The number of aromatic nitrogens is 1. The molecular weight excluding hydrogens is 560 g/mol. The number of rotatable bonds is 5. The van der Waals surface area contributed by atoms with E-state index < -0.39 is 53.8 Å². The molecule has 0 aliphatic carbocycles. The Morgan fingerprint density at radius 3 is 2.38 bits per heavy atom. The molecule has 224 valence electrons. The van der Waals surface area contributed by atoms with Crippen LogP contribution in [-0.2, 0) is 25.6 Å². The van der Waals surface area contributed by atoms with Crippen molar-refractivity contribution in [2.75, 3.05) is 19.6 Å². The molecule has 4 rings (SSSR count). The summed E-state index contributed by atoms with van der Waals surface area (Å²) in [6, 6.07) is 9.14. The van der Waals surface area contributed by atoms with Crippen molar-refractivity contribution < 1.29 is 29.1 Å². The second-order valence-electron chi connectivity index (χ2n) is 10.7. The maximum atomic E-state index is 13.5. The Morgan fingerprint density at radius 1 is 0.976 bits per heavy atom. The normalized spacial score (nSPS) is 22.0. The van der Waals surface area contributed by atoms with Crippen molar-refractivity contribution in [1.29, 1.82) is 0 Å². The molecular formula is C29H36N6O6S. The summed E-state index contributed by atoms with van der Waals surface area (Å²) in [6.45, 7) is 4.41. The number of carbonyl (C=O) groups excluding carboxylic acids is 5. The summed E-state index contributed by atoms with van der Waals surface area (Å²) in [5.41, 5.74) is 1.83. The first-order valence-corrected chi connectivity index (χ1v) is 14.7. The molecule has 13 heteroatoms. The van der Waals surface area contributed by atoms with E-state index in [1.54, 1.807) is 44.2 Å². The van der Waals surface area contributed by atoms with Gasteiger partial charge in [0.1, 0.15) is 23.8 Å². The molecule has 12 nitrogen and oxygen atoms in total. The van der Waals surface area contributed by atoms with E-state index in [9.17, 15) is 29.1 Å². The van der Waals surface area contributed by atoms with E-state index in [2.05, 4.69) is 26.3 Å². The standard InChI is InChI=1S/C29H36N6O6S/c1-16(2)24-28(40)32-20(13-18-7-5-4-6-8-18)26(38)34-25(17(3)36)27(39)30-10-11-35(15-23(37)33-24)29(41)21-14-22-19(31-21)9-12-42-22/h4-9,12,14,16-17,20,24-25,31,36H,10-11,13,15H2,1-3H3,(H,30,39)(H,32,40)(H,33,37)(H,34,38)/t17-,20+,24-,25+/m1/s1. The Bertz CT molecular complexity index is 1410. The van der Waals surface area contributed by atoms with E-state index in [0.29, 0.717) is 0 Å². The third kappa shape index (κ3) is 7.53. The number of aliphatic hydroxyl groups excluding tert-OH is 1. The molecule has 0 saturated carbocycles. The fourth-order valence-corrected chi connectivity index (χ4v) is 5.50. The van der Waals surface area contributed by atoms with Crippen LogP contribution < -0.4 is 21.3 Å². The zero-order chi connectivity index (χ0) is 30.4. The smallest absolute Gasteiger partial charge is 0.270 e. The van der Waals surface area contributed by atoms with Gasteiger partial charge in [-0.15, -0.1) is 11.3 Å². The van der Waals surface area contributed by atoms with E-state index in [1.807, 2.05) is 17.5 Å². The molecule has 42 heavy (non-hydrogen) atoms. The van der Waals surface area contributed by atoms with Crippen LogP contribution in [0, 0.1) is 5.92 Å². The van der Waals surface area contributed by atoms with Crippen LogP contribution in [0.5, 0.6) is 0 Å². The molecule has 0 unspecified atom stereocenters. The molecule has 1 saturated heterocycles. The average molecular weight is 597 g/mol. The minimum absolute atomic E-state index is 0.0414. The zero-order valence-electron chi connectivity index (χ0n) is 23.7. The van der Waals surface area contributed by atoms with Crippen LogP contribution in [0.1, 0.15) is 36.8 Å². The molecule has 5 amide bonds. The first kappa shape index (κ1) is 30.7. The van der Waals surface area contributed by atoms with Gasteiger partial charge in [0.2, 0.25) is 23.6 Å². The Kier molecular flexibility index (Phi) is 9.96. The van der Waals surface area contributed by atoms with E-state index in [-0.39, 0.29) is 37.7 Å². The van der Waals surface area contributed by atoms with E-state index >= 15 is 0 Å². The minimum atomic E-state index is -1.32. The maximum absolute atomic E-state index is 13.5. The first-order valence-electron chi connectivity index (χ1n) is 13.8. The number of H-pyrrole nitrogens is 1. The van der Waals surface area contributed by atoms with Gasteiger partial charge in [-0.3, -0.25) is 24.0 Å². The molecule has 3 aromatic rings. The minimum Gasteiger partial charge on any atom is -0.391 e. The Labute approximate surface area is 247 Å². The van der Waals surface area contributed by atoms with Gasteiger partial charge >= 0.3 is 0 Å². The lowest BCUT2D eigenvalue weighted by molar-refractivity contribution is -0.135. The number of carbonyl (C=O) groups is 5. The lowest BCUT2D eigenvalue weighted by Crippen LogP contribution is -2.60. The number of aromatic amines is 1. The number of hydrogen-bond acceptors (Lipinski definition) is 7. The lowest BCUT2D eigenvalue weighted by Gasteiger charge is -2.27. The van der Waals surface area contributed by atoms with Crippen molar-refractivity contribution in [2.24, 2.45) is 5.92 Å². The molecule has 6 N–H and O–H groups in total. The van der Waals surface area contributed by atoms with Gasteiger partial charge in [-0.2, -0.15) is 0 Å². The van der Waals surface area contributed by atoms with Crippen molar-refractivity contribution in [3.8, 4) is 0 Å². The zero-order valence-corrected chi connectivity index (χ0v) is 24.5. The highest BCUT2D eigenvalue weighted by molar-refractivity contribution is 7.17. The van der Waals surface area contributed by atoms with Crippen molar-refractivity contribution in [3.63, 3.8) is 0 Å². The largest absolute Gasteiger partial charge is 0.391 e. The van der Waals surface area contributed by atoms with Crippen LogP contribution in [0.4, 0.5) is 0 Å². The highest BCUT2D eigenvalue weighted by Gasteiger charge is 2.33. The first-order chi connectivity index (χ1) is 20.0. The van der Waals surface area contributed by atoms with Crippen molar-refractivity contribution in [2.45, 2.75) is 51.4 Å². The number of thiophene rings is 1. The predicted molar refractivity (Wildman–Crippen MR) is 158 cm³/mol. The molecule has 0 bridgehead atoms. The monoisotopic (exact) mass is 596 g/mol. The van der Waals surface area contributed by atoms with Gasteiger partial charge in [-0.25, -0.2) is 0 Å². The number of nitrogens with zero attached hydrogens (tertiary/aromatic N) is 1. The quantitative estimate of drug-likeness (QED) is 0.251. The van der Waals surface area contributed by atoms with Crippen molar-refractivity contribution >= 4 is 51.1 Å². The van der Waals surface area contributed by atoms with Gasteiger partial charge in [0.25, 0.3) is 5.91 Å². The molecule has 1 aromatic carbocycles. The summed E-state index contributed by atoms with van der Waals surface area (Å²) in [5, 5.41) is 22.9. The molecule has 0 radical (unpaired) electrons. The fourth-order valence-electron chi connectivity index (χ4n) is 4.72. The van der Waals surface area contributed by atoms with Gasteiger partial charge in [-0.1, -0.05) is 44.2 Å². The molecule has 3 heterocycles. The van der Waals surface area contributed by atoms with Crippen molar-refractivity contribution in [1.82, 2.24) is 31.2 Å². The van der Waals surface area contributed by atoms with E-state index in [1.165, 1.54) is 23.2 Å². The number of fused-ring (bicyclic) bond motifs is 1. The second kappa shape index (κ2) is 13.6. The SMILES string of the molecule is CC(C)[C@H]1NC(=O)CN(C(=O)c2cc3sccc3[nH]2)CCNC(=O)[C@H]([C@@H](C)O)NC(=O)[C@H](Cc2ccccc2)NC1=O. The van der Waals surface area contributed by atoms with Crippen LogP contribution in [0.15, 0.2) is 47.8 Å². The third-order valence-electron chi connectivity index (χ3n) is 7.02. The number of aliphatic hydroxyl groups is 1. The van der Waals surface area contributed by atoms with E-state index in [0.717, 1.165) is 15.8 Å². The summed E-state index contributed by atoms with van der Waals surface area (Å²) < 4.78 is 0.881. The molecule has 1 aliphatic rings. The van der Waals surface area contributed by atoms with Gasteiger partial charge in [0.15, 0.2) is 0 Å². The van der Waals surface area contributed by atoms with Crippen LogP contribution >= 0.6 is 11.3 Å². The highest BCUT2D eigenvalue weighted by atomic mass is 32.1. The Morgan fingerprint density at radius 2 is 1.71 bits per heavy atom. The fraction of sp³-hybridized carbons (Fsp3) is 0.414. The molecule has 0 spiro atoms. The van der Waals surface area contributed by atoms with Gasteiger partial charge in [0, 0.05) is 19.5 Å². The van der Waals surface area contributed by atoms with Crippen LogP contribution in [-0.4, -0.2) is 88.4 Å². The molecule has 1 fully saturated rings.